The van der Waals surface area contributed by atoms with Gasteiger partial charge >= 0.3 is 0 Å². The van der Waals surface area contributed by atoms with Gasteiger partial charge in [-0.3, -0.25) is 9.69 Å². The Morgan fingerprint density at radius 2 is 1.62 bits per heavy atom. The first kappa shape index (κ1) is 18.9. The van der Waals surface area contributed by atoms with E-state index in [0.717, 1.165) is 29.7 Å². The van der Waals surface area contributed by atoms with E-state index in [1.807, 2.05) is 23.1 Å². The summed E-state index contributed by atoms with van der Waals surface area (Å²) in [5.41, 5.74) is 3.22. The highest BCUT2D eigenvalue weighted by molar-refractivity contribution is 7.88. The number of aryl methyl sites for hydroxylation is 2. The van der Waals surface area contributed by atoms with Crippen LogP contribution in [0.1, 0.15) is 25.0 Å². The molecule has 2 rings (SSSR count). The molecule has 0 unspecified atom stereocenters. The van der Waals surface area contributed by atoms with Gasteiger partial charge in [0.05, 0.1) is 12.8 Å². The van der Waals surface area contributed by atoms with E-state index in [9.17, 15) is 13.2 Å². The highest BCUT2D eigenvalue weighted by atomic mass is 32.2. The summed E-state index contributed by atoms with van der Waals surface area (Å²) < 4.78 is 24.5. The zero-order valence-electron chi connectivity index (χ0n) is 14.7. The van der Waals surface area contributed by atoms with Crippen molar-refractivity contribution in [3.8, 4) is 0 Å². The van der Waals surface area contributed by atoms with Crippen molar-refractivity contribution in [3.63, 3.8) is 0 Å². The Bertz CT molecular complexity index is 658. The van der Waals surface area contributed by atoms with Crippen molar-refractivity contribution in [2.24, 2.45) is 0 Å². The molecule has 1 N–H and O–H groups in total. The predicted molar refractivity (Wildman–Crippen MR) is 96.7 cm³/mol. The van der Waals surface area contributed by atoms with Crippen molar-refractivity contribution in [3.05, 3.63) is 29.3 Å². The fraction of sp³-hybridized carbons (Fsp3) is 0.588. The van der Waals surface area contributed by atoms with Crippen molar-refractivity contribution in [1.82, 2.24) is 9.21 Å². The Kier molecular flexibility index (Phi) is 6.37. The minimum Gasteiger partial charge on any atom is -0.324 e. The van der Waals surface area contributed by atoms with Gasteiger partial charge in [0.25, 0.3) is 0 Å². The third-order valence-corrected chi connectivity index (χ3v) is 5.73. The number of para-hydroxylation sites is 1. The zero-order chi connectivity index (χ0) is 17.7. The first-order valence-corrected chi connectivity index (χ1v) is 10.3. The molecule has 0 spiro atoms. The lowest BCUT2D eigenvalue weighted by molar-refractivity contribution is -0.117. The Hall–Kier alpha value is -1.44. The summed E-state index contributed by atoms with van der Waals surface area (Å²) in [5, 5.41) is 3.06. The summed E-state index contributed by atoms with van der Waals surface area (Å²) in [6.45, 7) is 6.49. The van der Waals surface area contributed by atoms with Gasteiger partial charge in [-0.05, 0) is 24.0 Å². The second kappa shape index (κ2) is 8.09. The molecule has 1 aromatic rings. The lowest BCUT2D eigenvalue weighted by atomic mass is 10.0. The average molecular weight is 353 g/mol. The maximum atomic E-state index is 12.4. The first-order chi connectivity index (χ1) is 11.3. The molecule has 1 amide bonds. The number of hydrogen-bond acceptors (Lipinski definition) is 4. The van der Waals surface area contributed by atoms with E-state index in [2.05, 4.69) is 19.2 Å². The predicted octanol–water partition coefficient (Wildman–Crippen LogP) is 1.33. The summed E-state index contributed by atoms with van der Waals surface area (Å²) in [7, 11) is -3.14. The Morgan fingerprint density at radius 3 is 2.08 bits per heavy atom. The molecule has 0 aliphatic carbocycles. The van der Waals surface area contributed by atoms with Crippen molar-refractivity contribution >= 4 is 21.6 Å². The quantitative estimate of drug-likeness (QED) is 0.838. The van der Waals surface area contributed by atoms with Crippen molar-refractivity contribution in [2.75, 3.05) is 44.3 Å². The molecule has 1 aliphatic rings. The van der Waals surface area contributed by atoms with E-state index in [-0.39, 0.29) is 5.91 Å². The van der Waals surface area contributed by atoms with Gasteiger partial charge in [0.1, 0.15) is 0 Å². The third kappa shape index (κ3) is 4.78. The van der Waals surface area contributed by atoms with E-state index >= 15 is 0 Å². The third-order valence-electron chi connectivity index (χ3n) is 4.43. The highest BCUT2D eigenvalue weighted by Crippen LogP contribution is 2.22. The van der Waals surface area contributed by atoms with Crippen LogP contribution in [0.2, 0.25) is 0 Å². The SMILES string of the molecule is CCc1cccc(CC)c1NC(=O)CN1CCN(S(C)(=O)=O)CC1. The monoisotopic (exact) mass is 353 g/mol. The number of carbonyl (C=O) groups excluding carboxylic acids is 1. The lowest BCUT2D eigenvalue weighted by Gasteiger charge is -2.32. The van der Waals surface area contributed by atoms with Gasteiger partial charge in [-0.1, -0.05) is 32.0 Å². The van der Waals surface area contributed by atoms with Gasteiger partial charge < -0.3 is 5.32 Å². The van der Waals surface area contributed by atoms with Crippen LogP contribution in [0, 0.1) is 0 Å². The van der Waals surface area contributed by atoms with Crippen LogP contribution in [0.5, 0.6) is 0 Å². The van der Waals surface area contributed by atoms with E-state index < -0.39 is 10.0 Å². The molecule has 134 valence electrons. The summed E-state index contributed by atoms with van der Waals surface area (Å²) in [4.78, 5) is 14.4. The van der Waals surface area contributed by atoms with E-state index in [0.29, 0.717) is 32.7 Å². The van der Waals surface area contributed by atoms with Crippen LogP contribution < -0.4 is 5.32 Å². The standard InChI is InChI=1S/C17H27N3O3S/c1-4-14-7-6-8-15(5-2)17(14)18-16(21)13-19-9-11-20(12-10-19)24(3,22)23/h6-8H,4-5,9-13H2,1-3H3,(H,18,21). The topological polar surface area (TPSA) is 69.7 Å². The number of anilines is 1. The zero-order valence-corrected chi connectivity index (χ0v) is 15.5. The number of amides is 1. The number of nitrogens with one attached hydrogen (secondary N) is 1. The van der Waals surface area contributed by atoms with Gasteiger partial charge in [-0.25, -0.2) is 8.42 Å². The Morgan fingerprint density at radius 1 is 1.08 bits per heavy atom. The molecule has 0 saturated carbocycles. The van der Waals surface area contributed by atoms with E-state index in [1.165, 1.54) is 10.6 Å². The van der Waals surface area contributed by atoms with Crippen LogP contribution in [-0.2, 0) is 27.7 Å². The molecule has 1 aliphatic heterocycles. The maximum absolute atomic E-state index is 12.4. The molecule has 1 aromatic carbocycles. The van der Waals surface area contributed by atoms with Crippen molar-refractivity contribution in [2.45, 2.75) is 26.7 Å². The summed E-state index contributed by atoms with van der Waals surface area (Å²) >= 11 is 0. The van der Waals surface area contributed by atoms with Crippen LogP contribution in [0.4, 0.5) is 5.69 Å². The molecule has 1 saturated heterocycles. The lowest BCUT2D eigenvalue weighted by Crippen LogP contribution is -2.50. The van der Waals surface area contributed by atoms with E-state index in [4.69, 9.17) is 0 Å². The maximum Gasteiger partial charge on any atom is 0.238 e. The van der Waals surface area contributed by atoms with Gasteiger partial charge in [0, 0.05) is 31.9 Å². The minimum atomic E-state index is -3.14. The number of hydrogen-bond donors (Lipinski definition) is 1. The van der Waals surface area contributed by atoms with Gasteiger partial charge in [0.2, 0.25) is 15.9 Å². The molecular formula is C17H27N3O3S. The minimum absolute atomic E-state index is 0.0431. The van der Waals surface area contributed by atoms with Gasteiger partial charge in [-0.15, -0.1) is 0 Å². The smallest absolute Gasteiger partial charge is 0.238 e. The van der Waals surface area contributed by atoms with Crippen molar-refractivity contribution < 1.29 is 13.2 Å². The molecule has 0 radical (unpaired) electrons. The number of carbonyl (C=O) groups is 1. The van der Waals surface area contributed by atoms with Crippen LogP contribution >= 0.6 is 0 Å². The first-order valence-electron chi connectivity index (χ1n) is 8.43. The Labute approximate surface area is 144 Å². The summed E-state index contributed by atoms with van der Waals surface area (Å²) in [5.74, 6) is -0.0431. The molecule has 0 aromatic heterocycles. The fourth-order valence-electron chi connectivity index (χ4n) is 3.00. The van der Waals surface area contributed by atoms with Crippen LogP contribution in [-0.4, -0.2) is 62.5 Å². The molecule has 0 atom stereocenters. The molecule has 1 heterocycles. The van der Waals surface area contributed by atoms with Gasteiger partial charge in [0.15, 0.2) is 0 Å². The van der Waals surface area contributed by atoms with Crippen molar-refractivity contribution in [1.29, 1.82) is 0 Å². The van der Waals surface area contributed by atoms with Crippen LogP contribution in [0.3, 0.4) is 0 Å². The number of piperazine rings is 1. The molecule has 6 nitrogen and oxygen atoms in total. The summed E-state index contributed by atoms with van der Waals surface area (Å²) in [6, 6.07) is 6.11. The molecule has 7 heteroatoms. The van der Waals surface area contributed by atoms with Crippen LogP contribution in [0.15, 0.2) is 18.2 Å². The average Bonchev–Trinajstić information content (AvgIpc) is 2.54. The molecule has 24 heavy (non-hydrogen) atoms. The largest absolute Gasteiger partial charge is 0.324 e. The fourth-order valence-corrected chi connectivity index (χ4v) is 3.83. The second-order valence-electron chi connectivity index (χ2n) is 6.14. The van der Waals surface area contributed by atoms with Crippen LogP contribution in [0.25, 0.3) is 0 Å². The number of sulfonamides is 1. The number of benzene rings is 1. The Balaban J connectivity index is 1.96. The molecule has 1 fully saturated rings. The van der Waals surface area contributed by atoms with Gasteiger partial charge in [-0.2, -0.15) is 4.31 Å². The summed E-state index contributed by atoms with van der Waals surface area (Å²) in [6.07, 6.45) is 2.97. The molecular weight excluding hydrogens is 326 g/mol. The normalized spacial score (nSPS) is 17.0. The second-order valence-corrected chi connectivity index (χ2v) is 8.13. The number of nitrogens with zero attached hydrogens (tertiary/aromatic N) is 2. The number of rotatable bonds is 6. The van der Waals surface area contributed by atoms with E-state index in [1.54, 1.807) is 0 Å². The highest BCUT2D eigenvalue weighted by Gasteiger charge is 2.24. The molecule has 0 bridgehead atoms.